The van der Waals surface area contributed by atoms with Crippen LogP contribution in [0.1, 0.15) is 39.0 Å². The van der Waals surface area contributed by atoms with Gasteiger partial charge in [-0.15, -0.1) is 0 Å². The van der Waals surface area contributed by atoms with E-state index in [4.69, 9.17) is 18.9 Å². The van der Waals surface area contributed by atoms with Gasteiger partial charge in [0.25, 0.3) is 11.8 Å². The van der Waals surface area contributed by atoms with Crippen LogP contribution in [-0.4, -0.2) is 75.3 Å². The average molecular weight is 629 g/mol. The van der Waals surface area contributed by atoms with E-state index in [0.29, 0.717) is 11.8 Å². The molecule has 2 amide bonds. The lowest BCUT2D eigenvalue weighted by atomic mass is 10.1. The second kappa shape index (κ2) is 13.1. The van der Waals surface area contributed by atoms with Crippen molar-refractivity contribution < 1.29 is 52.0 Å². The molecule has 14 nitrogen and oxygen atoms in total. The maximum absolute atomic E-state index is 14.1. The van der Waals surface area contributed by atoms with Crippen molar-refractivity contribution >= 4 is 23.9 Å². The quantitative estimate of drug-likeness (QED) is 0.248. The molecule has 2 aliphatic rings. The monoisotopic (exact) mass is 628 g/mol. The number of aliphatic carboxylic acids is 1. The highest BCUT2D eigenvalue weighted by Crippen LogP contribution is 2.30. The van der Waals surface area contributed by atoms with Crippen molar-refractivity contribution in [2.24, 2.45) is 0 Å². The second-order valence-corrected chi connectivity index (χ2v) is 10.1. The standard InChI is InChI=1S/C29H26F2N4O10/c1-15-13-42-22-12-34-11-19(26(37)33-10-16-5-6-17(30)8-20(16)31)24(36)25(23(34)27(38)35(15)22)43-14-44-29(41)45-21(28(39)40)9-18-4-2-3-7-32-18/h2-8,11,15,21-22H,9-10,12-14H2,1H3,(H,33,37)(H,39,40)/t15-,21?,22?/m0/s1. The molecule has 45 heavy (non-hydrogen) atoms. The van der Waals surface area contributed by atoms with Crippen LogP contribution in [0.3, 0.4) is 0 Å². The van der Waals surface area contributed by atoms with E-state index in [2.05, 4.69) is 10.3 Å². The molecule has 1 aromatic carbocycles. The van der Waals surface area contributed by atoms with Crippen molar-refractivity contribution in [3.8, 4) is 5.75 Å². The largest absolute Gasteiger partial charge is 0.512 e. The number of nitrogens with zero attached hydrogens (tertiary/aromatic N) is 3. The van der Waals surface area contributed by atoms with E-state index in [0.717, 1.165) is 18.3 Å². The number of hydrogen-bond donors (Lipinski definition) is 2. The number of amides is 2. The topological polar surface area (TPSA) is 176 Å². The number of aromatic nitrogens is 2. The van der Waals surface area contributed by atoms with Crippen LogP contribution in [0.4, 0.5) is 13.6 Å². The summed E-state index contributed by atoms with van der Waals surface area (Å²) in [6.45, 7) is 0.597. The molecule has 2 unspecified atom stereocenters. The summed E-state index contributed by atoms with van der Waals surface area (Å²) in [5.74, 6) is -5.42. The molecule has 2 aliphatic heterocycles. The normalized spacial score (nSPS) is 17.6. The molecule has 3 atom stereocenters. The fourth-order valence-electron chi connectivity index (χ4n) is 4.87. The molecule has 0 radical (unpaired) electrons. The minimum atomic E-state index is -1.65. The van der Waals surface area contributed by atoms with Crippen molar-refractivity contribution in [1.82, 2.24) is 19.8 Å². The molecule has 236 valence electrons. The highest BCUT2D eigenvalue weighted by Gasteiger charge is 2.43. The maximum Gasteiger partial charge on any atom is 0.512 e. The summed E-state index contributed by atoms with van der Waals surface area (Å²) in [5.41, 5.74) is -1.50. The van der Waals surface area contributed by atoms with E-state index >= 15 is 0 Å². The predicted molar refractivity (Wildman–Crippen MR) is 146 cm³/mol. The fraction of sp³-hybridized carbons (Fsp3) is 0.310. The molecule has 0 saturated carbocycles. The van der Waals surface area contributed by atoms with E-state index in [1.165, 1.54) is 21.7 Å². The number of ether oxygens (including phenoxy) is 4. The van der Waals surface area contributed by atoms with Gasteiger partial charge < -0.3 is 38.8 Å². The van der Waals surface area contributed by atoms with E-state index in [-0.39, 0.29) is 36.9 Å². The summed E-state index contributed by atoms with van der Waals surface area (Å²) in [5, 5.41) is 11.8. The number of carbonyl (C=O) groups is 4. The van der Waals surface area contributed by atoms with Gasteiger partial charge in [-0.3, -0.25) is 19.4 Å². The molecule has 3 aromatic rings. The van der Waals surface area contributed by atoms with Crippen LogP contribution < -0.4 is 15.5 Å². The number of carboxylic acid groups (broad SMARTS) is 1. The zero-order chi connectivity index (χ0) is 32.2. The number of benzene rings is 1. The third kappa shape index (κ3) is 6.75. The van der Waals surface area contributed by atoms with Gasteiger partial charge in [-0.25, -0.2) is 18.4 Å². The Hall–Kier alpha value is -5.38. The predicted octanol–water partition coefficient (Wildman–Crippen LogP) is 1.84. The first-order valence-electron chi connectivity index (χ1n) is 13.6. The molecule has 0 aliphatic carbocycles. The summed E-state index contributed by atoms with van der Waals surface area (Å²) in [6.07, 6.45) is -1.49. The Bertz CT molecular complexity index is 1700. The molecule has 1 fully saturated rings. The molecule has 2 aromatic heterocycles. The highest BCUT2D eigenvalue weighted by molar-refractivity contribution is 5.99. The SMILES string of the molecule is C[C@H]1COC2Cn3cc(C(=O)NCc4ccc(F)cc4F)c(=O)c(OCOC(=O)OC(Cc4ccccn4)C(=O)O)c3C(=O)N21. The smallest absolute Gasteiger partial charge is 0.478 e. The van der Waals surface area contributed by atoms with Gasteiger partial charge in [0.15, 0.2) is 11.9 Å². The Balaban J connectivity index is 1.35. The van der Waals surface area contributed by atoms with Gasteiger partial charge in [0.05, 0.1) is 19.2 Å². The average Bonchev–Trinajstić information content (AvgIpc) is 3.38. The fourth-order valence-corrected chi connectivity index (χ4v) is 4.87. The maximum atomic E-state index is 14.1. The molecular formula is C29H26F2N4O10. The van der Waals surface area contributed by atoms with Crippen molar-refractivity contribution in [3.63, 3.8) is 0 Å². The number of carbonyl (C=O) groups excluding carboxylic acids is 3. The number of hydrogen-bond acceptors (Lipinski definition) is 10. The summed E-state index contributed by atoms with van der Waals surface area (Å²) >= 11 is 0. The minimum absolute atomic E-state index is 0.0195. The van der Waals surface area contributed by atoms with E-state index < -0.39 is 78.0 Å². The zero-order valence-corrected chi connectivity index (χ0v) is 23.6. The first kappa shape index (κ1) is 31.1. The Morgan fingerprint density at radius 3 is 2.71 bits per heavy atom. The number of pyridine rings is 2. The molecule has 4 heterocycles. The first-order chi connectivity index (χ1) is 21.5. The molecule has 5 rings (SSSR count). The summed E-state index contributed by atoms with van der Waals surface area (Å²) < 4.78 is 49.4. The lowest BCUT2D eigenvalue weighted by Crippen LogP contribution is -2.49. The lowest BCUT2D eigenvalue weighted by molar-refractivity contribution is -0.148. The molecule has 1 saturated heterocycles. The zero-order valence-electron chi connectivity index (χ0n) is 23.6. The third-order valence-corrected chi connectivity index (χ3v) is 7.06. The van der Waals surface area contributed by atoms with Crippen LogP contribution in [0.15, 0.2) is 53.6 Å². The van der Waals surface area contributed by atoms with Gasteiger partial charge in [0.1, 0.15) is 17.2 Å². The number of halogens is 2. The van der Waals surface area contributed by atoms with Crippen LogP contribution in [0.25, 0.3) is 0 Å². The first-order valence-corrected chi connectivity index (χ1v) is 13.6. The van der Waals surface area contributed by atoms with Gasteiger partial charge in [-0.05, 0) is 25.1 Å². The molecule has 0 bridgehead atoms. The number of nitrogens with one attached hydrogen (secondary N) is 1. The van der Waals surface area contributed by atoms with E-state index in [9.17, 15) is 37.9 Å². The van der Waals surface area contributed by atoms with Crippen LogP contribution in [0, 0.1) is 11.6 Å². The molecule has 2 N–H and O–H groups in total. The van der Waals surface area contributed by atoms with Crippen LogP contribution in [0.5, 0.6) is 5.75 Å². The Morgan fingerprint density at radius 2 is 2.00 bits per heavy atom. The molecule has 16 heteroatoms. The van der Waals surface area contributed by atoms with Gasteiger partial charge in [-0.2, -0.15) is 0 Å². The van der Waals surface area contributed by atoms with Gasteiger partial charge in [0, 0.05) is 42.7 Å². The van der Waals surface area contributed by atoms with Crippen LogP contribution in [-0.2, 0) is 38.5 Å². The Labute approximate surface area is 253 Å². The van der Waals surface area contributed by atoms with Gasteiger partial charge in [-0.1, -0.05) is 12.1 Å². The Kier molecular flexibility index (Phi) is 9.03. The van der Waals surface area contributed by atoms with E-state index in [1.54, 1.807) is 19.1 Å². The van der Waals surface area contributed by atoms with Crippen molar-refractivity contribution in [1.29, 1.82) is 0 Å². The van der Waals surface area contributed by atoms with Crippen molar-refractivity contribution in [3.05, 3.63) is 93.2 Å². The van der Waals surface area contributed by atoms with E-state index in [1.807, 2.05) is 0 Å². The highest BCUT2D eigenvalue weighted by atomic mass is 19.1. The lowest BCUT2D eigenvalue weighted by Gasteiger charge is -2.34. The second-order valence-electron chi connectivity index (χ2n) is 10.1. The van der Waals surface area contributed by atoms with Crippen LogP contribution >= 0.6 is 0 Å². The summed E-state index contributed by atoms with van der Waals surface area (Å²) in [6, 6.07) is 7.23. The Morgan fingerprint density at radius 1 is 1.20 bits per heavy atom. The van der Waals surface area contributed by atoms with Crippen molar-refractivity contribution in [2.75, 3.05) is 13.4 Å². The molecule has 0 spiro atoms. The van der Waals surface area contributed by atoms with Gasteiger partial charge >= 0.3 is 12.1 Å². The van der Waals surface area contributed by atoms with Crippen LogP contribution in [0.2, 0.25) is 0 Å². The number of rotatable bonds is 10. The van der Waals surface area contributed by atoms with Gasteiger partial charge in [0.2, 0.25) is 24.1 Å². The third-order valence-electron chi connectivity index (χ3n) is 7.06. The van der Waals surface area contributed by atoms with Crippen molar-refractivity contribution in [2.45, 2.75) is 44.8 Å². The molecular weight excluding hydrogens is 602 g/mol. The minimum Gasteiger partial charge on any atom is -0.478 e. The summed E-state index contributed by atoms with van der Waals surface area (Å²) in [4.78, 5) is 69.3. The number of carboxylic acids is 1. The number of fused-ring (bicyclic) bond motifs is 2. The summed E-state index contributed by atoms with van der Waals surface area (Å²) in [7, 11) is 0.